The molecule has 0 aromatic carbocycles. The molecule has 0 fully saturated rings. The van der Waals surface area contributed by atoms with Crippen molar-refractivity contribution in [1.29, 1.82) is 5.41 Å². The van der Waals surface area contributed by atoms with Crippen molar-refractivity contribution in [3.05, 3.63) is 35.5 Å². The van der Waals surface area contributed by atoms with Crippen LogP contribution in [0.2, 0.25) is 0 Å². The average molecular weight is 248 g/mol. The summed E-state index contributed by atoms with van der Waals surface area (Å²) >= 11 is 0. The van der Waals surface area contributed by atoms with Crippen molar-refractivity contribution in [3.8, 4) is 0 Å². The van der Waals surface area contributed by atoms with Gasteiger partial charge in [0.25, 0.3) is 0 Å². The Morgan fingerprint density at radius 1 is 1.28 bits per heavy atom. The molecule has 0 heterocycles. The van der Waals surface area contributed by atoms with Gasteiger partial charge in [0.1, 0.15) is 0 Å². The summed E-state index contributed by atoms with van der Waals surface area (Å²) in [6, 6.07) is 0. The lowest BCUT2D eigenvalue weighted by Gasteiger charge is -2.37. The predicted molar refractivity (Wildman–Crippen MR) is 75.8 cm³/mol. The summed E-state index contributed by atoms with van der Waals surface area (Å²) in [5.41, 5.74) is 5.80. The zero-order valence-electron chi connectivity index (χ0n) is 11.4. The number of aliphatic hydroxyl groups is 1. The van der Waals surface area contributed by atoms with E-state index >= 15 is 0 Å². The third kappa shape index (κ3) is 3.34. The van der Waals surface area contributed by atoms with Crippen LogP contribution in [0, 0.1) is 5.41 Å². The number of nitrogens with one attached hydrogen (secondary N) is 1. The van der Waals surface area contributed by atoms with Crippen LogP contribution in [0.3, 0.4) is 0 Å². The molecule has 0 radical (unpaired) electrons. The van der Waals surface area contributed by atoms with Gasteiger partial charge in [-0.2, -0.15) is 0 Å². The summed E-state index contributed by atoms with van der Waals surface area (Å²) in [5, 5.41) is 17.7. The second-order valence-corrected chi connectivity index (χ2v) is 5.43. The smallest absolute Gasteiger partial charge is 0.326 e. The Bertz CT molecular complexity index is 429. The summed E-state index contributed by atoms with van der Waals surface area (Å²) in [6.45, 7) is 7.02. The fraction of sp³-hybridized carbons (Fsp3) is 0.462. The molecule has 1 rings (SSSR count). The van der Waals surface area contributed by atoms with Gasteiger partial charge in [-0.3, -0.25) is 0 Å². The van der Waals surface area contributed by atoms with Crippen molar-refractivity contribution in [2.45, 2.75) is 38.9 Å². The highest BCUT2D eigenvalue weighted by molar-refractivity contribution is 6.40. The van der Waals surface area contributed by atoms with Crippen molar-refractivity contribution in [3.63, 3.8) is 0 Å². The number of rotatable bonds is 4. The topological polar surface area (TPSA) is 79.3 Å². The molecule has 0 amide bonds. The molecule has 0 aliphatic heterocycles. The molecule has 4 nitrogen and oxygen atoms in total. The van der Waals surface area contributed by atoms with Gasteiger partial charge in [0.05, 0.1) is 16.9 Å². The largest absolute Gasteiger partial charge is 0.425 e. The van der Waals surface area contributed by atoms with Crippen LogP contribution in [0.1, 0.15) is 27.7 Å². The van der Waals surface area contributed by atoms with Crippen LogP contribution in [0.5, 0.6) is 0 Å². The fourth-order valence-electron chi connectivity index (χ4n) is 1.28. The lowest BCUT2D eigenvalue weighted by molar-refractivity contribution is -0.0897. The van der Waals surface area contributed by atoms with Gasteiger partial charge < -0.3 is 20.9 Å². The van der Waals surface area contributed by atoms with Crippen LogP contribution in [-0.4, -0.2) is 29.5 Å². The van der Waals surface area contributed by atoms with Crippen molar-refractivity contribution in [2.75, 3.05) is 0 Å². The first kappa shape index (κ1) is 14.7. The van der Waals surface area contributed by atoms with E-state index in [0.717, 1.165) is 0 Å². The monoisotopic (exact) mass is 248 g/mol. The third-order valence-corrected chi connectivity index (χ3v) is 3.33. The van der Waals surface area contributed by atoms with Crippen LogP contribution < -0.4 is 5.73 Å². The van der Waals surface area contributed by atoms with Gasteiger partial charge in [-0.25, -0.2) is 0 Å². The molecule has 18 heavy (non-hydrogen) atoms. The van der Waals surface area contributed by atoms with Gasteiger partial charge in [-0.05, 0) is 33.8 Å². The first-order valence-corrected chi connectivity index (χ1v) is 5.94. The Hall–Kier alpha value is -1.33. The van der Waals surface area contributed by atoms with E-state index < -0.39 is 11.2 Å². The minimum Gasteiger partial charge on any atom is -0.425 e. The zero-order valence-corrected chi connectivity index (χ0v) is 11.4. The molecule has 1 aliphatic rings. The molecular formula is C13H21BN2O2. The fourth-order valence-corrected chi connectivity index (χ4v) is 1.28. The first-order chi connectivity index (χ1) is 8.15. The summed E-state index contributed by atoms with van der Waals surface area (Å²) in [4.78, 5) is 0. The molecule has 4 N–H and O–H groups in total. The van der Waals surface area contributed by atoms with Gasteiger partial charge in [-0.1, -0.05) is 18.2 Å². The lowest BCUT2D eigenvalue weighted by atomic mass is 9.83. The average Bonchev–Trinajstić information content (AvgIpc) is 2.25. The summed E-state index contributed by atoms with van der Waals surface area (Å²) in [6.07, 6.45) is 7.10. The van der Waals surface area contributed by atoms with E-state index in [4.69, 9.17) is 15.8 Å². The van der Waals surface area contributed by atoms with Crippen molar-refractivity contribution in [1.82, 2.24) is 0 Å². The Labute approximate surface area is 109 Å². The lowest BCUT2D eigenvalue weighted by Crippen LogP contribution is -2.48. The molecule has 0 aromatic heterocycles. The van der Waals surface area contributed by atoms with Gasteiger partial charge >= 0.3 is 7.48 Å². The Morgan fingerprint density at radius 3 is 2.33 bits per heavy atom. The SMILES string of the molecule is CC(C)(O)C(C)(C)OB/C(N)=C1\C=CC=CC1=N. The van der Waals surface area contributed by atoms with E-state index in [-0.39, 0.29) is 7.48 Å². The Balaban J connectivity index is 2.75. The van der Waals surface area contributed by atoms with E-state index in [9.17, 15) is 5.11 Å². The quantitative estimate of drug-likeness (QED) is 0.654. The molecule has 0 atom stereocenters. The maximum atomic E-state index is 9.97. The molecular weight excluding hydrogens is 227 g/mol. The maximum Gasteiger partial charge on any atom is 0.326 e. The van der Waals surface area contributed by atoms with Crippen molar-refractivity contribution in [2.24, 2.45) is 5.73 Å². The summed E-state index contributed by atoms with van der Waals surface area (Å²) < 4.78 is 5.67. The van der Waals surface area contributed by atoms with Gasteiger partial charge in [0, 0.05) is 11.2 Å². The molecule has 98 valence electrons. The normalized spacial score (nSPS) is 19.1. The highest BCUT2D eigenvalue weighted by Crippen LogP contribution is 2.25. The molecule has 0 aromatic rings. The predicted octanol–water partition coefficient (Wildman–Crippen LogP) is 1.22. The van der Waals surface area contributed by atoms with Crippen LogP contribution in [-0.2, 0) is 4.65 Å². The van der Waals surface area contributed by atoms with Gasteiger partial charge in [0.2, 0.25) is 0 Å². The Kier molecular flexibility index (Phi) is 4.19. The number of hydrogen-bond donors (Lipinski definition) is 3. The highest BCUT2D eigenvalue weighted by Gasteiger charge is 2.35. The number of nitrogens with two attached hydrogens (primary N) is 1. The Morgan fingerprint density at radius 2 is 1.83 bits per heavy atom. The molecule has 0 spiro atoms. The maximum absolute atomic E-state index is 9.97. The van der Waals surface area contributed by atoms with E-state index in [1.165, 1.54) is 0 Å². The van der Waals surface area contributed by atoms with E-state index in [2.05, 4.69) is 0 Å². The van der Waals surface area contributed by atoms with E-state index in [1.54, 1.807) is 32.1 Å². The van der Waals surface area contributed by atoms with Gasteiger partial charge in [-0.15, -0.1) is 0 Å². The van der Waals surface area contributed by atoms with Crippen LogP contribution in [0.15, 0.2) is 35.5 Å². The zero-order chi connectivity index (χ0) is 14.0. The van der Waals surface area contributed by atoms with Crippen LogP contribution in [0.4, 0.5) is 0 Å². The molecule has 0 saturated heterocycles. The first-order valence-electron chi connectivity index (χ1n) is 5.94. The van der Waals surface area contributed by atoms with Crippen molar-refractivity contribution < 1.29 is 9.76 Å². The third-order valence-electron chi connectivity index (χ3n) is 3.33. The second-order valence-electron chi connectivity index (χ2n) is 5.43. The number of allylic oxidation sites excluding steroid dienone is 5. The highest BCUT2D eigenvalue weighted by atomic mass is 16.5. The van der Waals surface area contributed by atoms with Crippen LogP contribution >= 0.6 is 0 Å². The van der Waals surface area contributed by atoms with E-state index in [1.807, 2.05) is 19.9 Å². The standard InChI is InChI=1S/C13H21BN2O2/c1-12(2,17)13(3,4)18-14-11(16)9-7-5-6-8-10(9)15/h5-8,14-15,17H,16H2,1-4H3/b11-9-,15-10?. The summed E-state index contributed by atoms with van der Waals surface area (Å²) in [5.74, 6) is 0. The molecule has 1 aliphatic carbocycles. The molecule has 0 saturated carbocycles. The molecule has 0 unspecified atom stereocenters. The van der Waals surface area contributed by atoms with Crippen LogP contribution in [0.25, 0.3) is 0 Å². The minimum absolute atomic E-state index is 0.187. The minimum atomic E-state index is -0.965. The second kappa shape index (κ2) is 5.12. The summed E-state index contributed by atoms with van der Waals surface area (Å²) in [7, 11) is 0.187. The molecule has 5 heteroatoms. The van der Waals surface area contributed by atoms with E-state index in [0.29, 0.717) is 16.9 Å². The number of hydrogen-bond acceptors (Lipinski definition) is 4. The van der Waals surface area contributed by atoms with Gasteiger partial charge in [0.15, 0.2) is 0 Å². The van der Waals surface area contributed by atoms with Crippen molar-refractivity contribution >= 4 is 13.2 Å². The molecule has 0 bridgehead atoms.